The van der Waals surface area contributed by atoms with Crippen molar-refractivity contribution < 1.29 is 4.79 Å². The third kappa shape index (κ3) is 2.00. The van der Waals surface area contributed by atoms with E-state index in [1.807, 2.05) is 11.0 Å². The van der Waals surface area contributed by atoms with Gasteiger partial charge in [0.25, 0.3) is 0 Å². The molecule has 5 heteroatoms. The minimum Gasteiger partial charge on any atom is -0.316 e. The number of rotatable bonds is 0. The molecule has 3 rings (SSSR count). The number of carbonyl (C=O) groups is 1. The number of amides is 1. The minimum atomic E-state index is 0. The molecule has 1 atom stereocenters. The molecule has 2 heterocycles. The summed E-state index contributed by atoms with van der Waals surface area (Å²) < 4.78 is 0. The van der Waals surface area contributed by atoms with Gasteiger partial charge in [0.15, 0.2) is 0 Å². The zero-order valence-corrected chi connectivity index (χ0v) is 11.8. The van der Waals surface area contributed by atoms with Gasteiger partial charge in [-0.2, -0.15) is 0 Å². The van der Waals surface area contributed by atoms with E-state index in [1.54, 1.807) is 6.92 Å². The van der Waals surface area contributed by atoms with Gasteiger partial charge in [0.2, 0.25) is 5.91 Å². The Hall–Kier alpha value is -0.770. The van der Waals surface area contributed by atoms with Crippen LogP contribution in [-0.2, 0) is 11.2 Å². The van der Waals surface area contributed by atoms with Crippen LogP contribution in [-0.4, -0.2) is 25.5 Å². The second kappa shape index (κ2) is 5.08. The van der Waals surface area contributed by atoms with E-state index in [2.05, 4.69) is 11.4 Å². The van der Waals surface area contributed by atoms with Crippen molar-refractivity contribution >= 4 is 35.6 Å². The number of halogens is 2. The molecule has 18 heavy (non-hydrogen) atoms. The maximum atomic E-state index is 11.7. The minimum absolute atomic E-state index is 0. The molecule has 0 aromatic heterocycles. The first-order valence-electron chi connectivity index (χ1n) is 5.98. The molecule has 98 valence electrons. The van der Waals surface area contributed by atoms with Crippen LogP contribution < -0.4 is 10.2 Å². The summed E-state index contributed by atoms with van der Waals surface area (Å²) in [6.45, 7) is 4.30. The molecule has 3 nitrogen and oxygen atoms in total. The predicted molar refractivity (Wildman–Crippen MR) is 76.0 cm³/mol. The van der Waals surface area contributed by atoms with E-state index in [0.717, 1.165) is 31.7 Å². The summed E-state index contributed by atoms with van der Waals surface area (Å²) in [6, 6.07) is 4.02. The molecule has 0 saturated heterocycles. The van der Waals surface area contributed by atoms with E-state index in [0.29, 0.717) is 10.9 Å². The van der Waals surface area contributed by atoms with Gasteiger partial charge in [-0.15, -0.1) is 12.4 Å². The SMILES string of the molecule is CC(=O)N1CC2CNCCc3ccc(Cl)c1c32.Cl. The normalized spacial score (nSPS) is 21.0. The molecule has 0 spiro atoms. The molecular formula is C13H16Cl2N2O. The van der Waals surface area contributed by atoms with Gasteiger partial charge in [-0.3, -0.25) is 4.79 Å². The zero-order valence-electron chi connectivity index (χ0n) is 10.2. The van der Waals surface area contributed by atoms with Crippen LogP contribution in [0, 0.1) is 0 Å². The van der Waals surface area contributed by atoms with Gasteiger partial charge in [-0.05, 0) is 30.2 Å². The monoisotopic (exact) mass is 286 g/mol. The molecule has 0 fully saturated rings. The van der Waals surface area contributed by atoms with Crippen LogP contribution in [0.25, 0.3) is 0 Å². The van der Waals surface area contributed by atoms with E-state index >= 15 is 0 Å². The van der Waals surface area contributed by atoms with Gasteiger partial charge in [-0.25, -0.2) is 0 Å². The van der Waals surface area contributed by atoms with Gasteiger partial charge in [0.1, 0.15) is 0 Å². The lowest BCUT2D eigenvalue weighted by atomic mass is 9.95. The highest BCUT2D eigenvalue weighted by molar-refractivity contribution is 6.34. The molecule has 1 N–H and O–H groups in total. The highest BCUT2D eigenvalue weighted by atomic mass is 35.5. The van der Waals surface area contributed by atoms with Crippen LogP contribution >= 0.6 is 24.0 Å². The predicted octanol–water partition coefficient (Wildman–Crippen LogP) is 2.36. The summed E-state index contributed by atoms with van der Waals surface area (Å²) in [6.07, 6.45) is 1.02. The maximum absolute atomic E-state index is 11.7. The van der Waals surface area contributed by atoms with Gasteiger partial charge in [0, 0.05) is 25.9 Å². The van der Waals surface area contributed by atoms with Crippen molar-refractivity contribution in [1.29, 1.82) is 0 Å². The van der Waals surface area contributed by atoms with Crippen LogP contribution in [0.4, 0.5) is 5.69 Å². The summed E-state index contributed by atoms with van der Waals surface area (Å²) in [4.78, 5) is 13.5. The zero-order chi connectivity index (χ0) is 12.0. The lowest BCUT2D eigenvalue weighted by Crippen LogP contribution is -2.30. The first kappa shape index (κ1) is 13.7. The van der Waals surface area contributed by atoms with Crippen molar-refractivity contribution in [2.75, 3.05) is 24.5 Å². The molecule has 1 aromatic rings. The maximum Gasteiger partial charge on any atom is 0.223 e. The fourth-order valence-electron chi connectivity index (χ4n) is 2.93. The number of benzene rings is 1. The first-order valence-corrected chi connectivity index (χ1v) is 6.36. The van der Waals surface area contributed by atoms with Crippen LogP contribution in [0.15, 0.2) is 12.1 Å². The number of carbonyl (C=O) groups excluding carboxylic acids is 1. The average Bonchev–Trinajstić information content (AvgIpc) is 2.57. The van der Waals surface area contributed by atoms with E-state index in [-0.39, 0.29) is 18.3 Å². The van der Waals surface area contributed by atoms with Crippen molar-refractivity contribution in [2.24, 2.45) is 0 Å². The third-order valence-electron chi connectivity index (χ3n) is 3.68. The second-order valence-electron chi connectivity index (χ2n) is 4.75. The quantitative estimate of drug-likeness (QED) is 0.794. The first-order chi connectivity index (χ1) is 8.18. The number of nitrogens with one attached hydrogen (secondary N) is 1. The van der Waals surface area contributed by atoms with Crippen LogP contribution in [0.3, 0.4) is 0 Å². The lowest BCUT2D eigenvalue weighted by Gasteiger charge is -2.17. The van der Waals surface area contributed by atoms with Gasteiger partial charge < -0.3 is 10.2 Å². The Balaban J connectivity index is 0.00000120. The van der Waals surface area contributed by atoms with Gasteiger partial charge >= 0.3 is 0 Å². The number of hydrogen-bond acceptors (Lipinski definition) is 2. The highest BCUT2D eigenvalue weighted by Gasteiger charge is 2.35. The summed E-state index contributed by atoms with van der Waals surface area (Å²) >= 11 is 6.27. The van der Waals surface area contributed by atoms with E-state index < -0.39 is 0 Å². The lowest BCUT2D eigenvalue weighted by molar-refractivity contribution is -0.116. The van der Waals surface area contributed by atoms with Crippen LogP contribution in [0.1, 0.15) is 24.0 Å². The van der Waals surface area contributed by atoms with Crippen molar-refractivity contribution in [3.63, 3.8) is 0 Å². The largest absolute Gasteiger partial charge is 0.316 e. The van der Waals surface area contributed by atoms with Crippen LogP contribution in [0.5, 0.6) is 0 Å². The fraction of sp³-hybridized carbons (Fsp3) is 0.462. The van der Waals surface area contributed by atoms with E-state index in [4.69, 9.17) is 11.6 Å². The fourth-order valence-corrected chi connectivity index (χ4v) is 3.19. The van der Waals surface area contributed by atoms with Gasteiger partial charge in [0.05, 0.1) is 10.7 Å². The topological polar surface area (TPSA) is 32.3 Å². The second-order valence-corrected chi connectivity index (χ2v) is 5.16. The molecule has 2 aliphatic rings. The summed E-state index contributed by atoms with van der Waals surface area (Å²) in [5, 5.41) is 4.12. The standard InChI is InChI=1S/C13H15ClN2O.ClH/c1-8(17)16-7-10-6-15-5-4-9-2-3-11(14)13(16)12(9)10;/h2-3,10,15H,4-7H2,1H3;1H. The molecule has 1 aromatic carbocycles. The van der Waals surface area contributed by atoms with Gasteiger partial charge in [-0.1, -0.05) is 17.7 Å². The smallest absolute Gasteiger partial charge is 0.223 e. The molecular weight excluding hydrogens is 271 g/mol. The molecule has 0 radical (unpaired) electrons. The Morgan fingerprint density at radius 3 is 3.00 bits per heavy atom. The molecule has 0 saturated carbocycles. The van der Waals surface area contributed by atoms with Crippen molar-refractivity contribution in [3.05, 3.63) is 28.3 Å². The van der Waals surface area contributed by atoms with Crippen LogP contribution in [0.2, 0.25) is 5.02 Å². The highest BCUT2D eigenvalue weighted by Crippen LogP contribution is 2.43. The summed E-state index contributed by atoms with van der Waals surface area (Å²) in [5.74, 6) is 0.471. The molecule has 0 aliphatic carbocycles. The Bertz CT molecular complexity index is 490. The molecule has 1 amide bonds. The Kier molecular flexibility index (Phi) is 3.85. The molecule has 2 aliphatic heterocycles. The molecule has 0 bridgehead atoms. The third-order valence-corrected chi connectivity index (χ3v) is 3.99. The number of anilines is 1. The number of hydrogen-bond donors (Lipinski definition) is 1. The summed E-state index contributed by atoms with van der Waals surface area (Å²) in [7, 11) is 0. The number of nitrogens with zero attached hydrogens (tertiary/aromatic N) is 1. The van der Waals surface area contributed by atoms with Crippen molar-refractivity contribution in [2.45, 2.75) is 19.3 Å². The van der Waals surface area contributed by atoms with Crippen molar-refractivity contribution in [3.8, 4) is 0 Å². The van der Waals surface area contributed by atoms with E-state index in [9.17, 15) is 4.79 Å². The Morgan fingerprint density at radius 1 is 1.50 bits per heavy atom. The average molecular weight is 287 g/mol. The summed E-state index contributed by atoms with van der Waals surface area (Å²) in [5.41, 5.74) is 3.58. The molecule has 1 unspecified atom stereocenters. The van der Waals surface area contributed by atoms with Crippen molar-refractivity contribution in [1.82, 2.24) is 5.32 Å². The Morgan fingerprint density at radius 2 is 2.28 bits per heavy atom. The van der Waals surface area contributed by atoms with E-state index in [1.165, 1.54) is 11.1 Å². The Labute approximate surface area is 118 Å².